The summed E-state index contributed by atoms with van der Waals surface area (Å²) >= 11 is 0. The van der Waals surface area contributed by atoms with E-state index < -0.39 is 0 Å². The van der Waals surface area contributed by atoms with E-state index in [0.29, 0.717) is 32.7 Å². The average Bonchev–Trinajstić information content (AvgIpc) is 2.54. The van der Waals surface area contributed by atoms with Gasteiger partial charge in [0.2, 0.25) is 5.91 Å². The minimum Gasteiger partial charge on any atom is -0.496 e. The zero-order chi connectivity index (χ0) is 17.5. The molecule has 1 amide bonds. The quantitative estimate of drug-likeness (QED) is 0.719. The molecule has 0 radical (unpaired) electrons. The summed E-state index contributed by atoms with van der Waals surface area (Å²) in [5.41, 5.74) is 1.07. The van der Waals surface area contributed by atoms with E-state index in [1.807, 2.05) is 49.1 Å². The van der Waals surface area contributed by atoms with Gasteiger partial charge in [-0.1, -0.05) is 24.3 Å². The Kier molecular flexibility index (Phi) is 6.82. The molecule has 5 heteroatoms. The summed E-state index contributed by atoms with van der Waals surface area (Å²) < 4.78 is 11.1. The monoisotopic (exact) mass is 332 g/mol. The Morgan fingerprint density at radius 1 is 1.38 bits per heavy atom. The van der Waals surface area contributed by atoms with Crippen LogP contribution in [0.1, 0.15) is 19.4 Å². The van der Waals surface area contributed by atoms with Crippen molar-refractivity contribution in [3.05, 3.63) is 42.5 Å². The molecule has 0 saturated carbocycles. The van der Waals surface area contributed by atoms with Crippen LogP contribution in [0.25, 0.3) is 0 Å². The Morgan fingerprint density at radius 2 is 2.04 bits per heavy atom. The highest BCUT2D eigenvalue weighted by molar-refractivity contribution is 5.78. The number of hydrogen-bond acceptors (Lipinski definition) is 4. The maximum Gasteiger partial charge on any atom is 0.236 e. The van der Waals surface area contributed by atoms with Crippen LogP contribution >= 0.6 is 0 Å². The van der Waals surface area contributed by atoms with Crippen molar-refractivity contribution in [1.82, 2.24) is 9.80 Å². The van der Waals surface area contributed by atoms with Gasteiger partial charge < -0.3 is 14.4 Å². The molecule has 0 bridgehead atoms. The Bertz CT molecular complexity index is 551. The smallest absolute Gasteiger partial charge is 0.236 e. The van der Waals surface area contributed by atoms with Crippen molar-refractivity contribution in [1.29, 1.82) is 0 Å². The Morgan fingerprint density at radius 3 is 2.67 bits per heavy atom. The third kappa shape index (κ3) is 5.08. The number of hydrogen-bond donors (Lipinski definition) is 0. The zero-order valence-electron chi connectivity index (χ0n) is 14.9. The van der Waals surface area contributed by atoms with Gasteiger partial charge in [0.15, 0.2) is 0 Å². The summed E-state index contributed by atoms with van der Waals surface area (Å²) in [5, 5.41) is 0. The molecule has 24 heavy (non-hydrogen) atoms. The molecular formula is C19H28N2O3. The molecule has 2 rings (SSSR count). The second kappa shape index (κ2) is 8.85. The summed E-state index contributed by atoms with van der Waals surface area (Å²) in [5.74, 6) is 0.973. The van der Waals surface area contributed by atoms with Crippen molar-refractivity contribution >= 4 is 5.91 Å². The van der Waals surface area contributed by atoms with Crippen molar-refractivity contribution in [3.8, 4) is 5.75 Å². The van der Waals surface area contributed by atoms with E-state index in [9.17, 15) is 4.79 Å². The van der Waals surface area contributed by atoms with Crippen molar-refractivity contribution in [2.75, 3.05) is 33.3 Å². The minimum atomic E-state index is 0.0831. The number of methoxy groups -OCH3 is 1. The van der Waals surface area contributed by atoms with E-state index in [2.05, 4.69) is 11.5 Å². The summed E-state index contributed by atoms with van der Waals surface area (Å²) in [6, 6.07) is 7.89. The Hall–Kier alpha value is -1.85. The number of nitrogens with zero attached hydrogens (tertiary/aromatic N) is 2. The molecule has 0 unspecified atom stereocenters. The van der Waals surface area contributed by atoms with E-state index in [0.717, 1.165) is 11.3 Å². The molecule has 1 aromatic carbocycles. The fraction of sp³-hybridized carbons (Fsp3) is 0.526. The molecule has 1 fully saturated rings. The number of benzene rings is 1. The Labute approximate surface area is 144 Å². The average molecular weight is 332 g/mol. The maximum absolute atomic E-state index is 12.7. The van der Waals surface area contributed by atoms with Crippen LogP contribution in [0.5, 0.6) is 5.75 Å². The highest BCUT2D eigenvalue weighted by atomic mass is 16.5. The van der Waals surface area contributed by atoms with Gasteiger partial charge in [0.1, 0.15) is 5.75 Å². The molecule has 1 aromatic rings. The highest BCUT2D eigenvalue weighted by Crippen LogP contribution is 2.19. The van der Waals surface area contributed by atoms with E-state index in [4.69, 9.17) is 9.47 Å². The van der Waals surface area contributed by atoms with E-state index in [-0.39, 0.29) is 18.1 Å². The highest BCUT2D eigenvalue weighted by Gasteiger charge is 2.26. The summed E-state index contributed by atoms with van der Waals surface area (Å²) in [6.45, 7) is 10.8. The molecule has 1 aliphatic heterocycles. The summed E-state index contributed by atoms with van der Waals surface area (Å²) in [7, 11) is 1.67. The molecule has 0 spiro atoms. The normalized spacial score (nSPS) is 20.9. The second-order valence-corrected chi connectivity index (χ2v) is 6.33. The van der Waals surface area contributed by atoms with Crippen LogP contribution in [0.4, 0.5) is 0 Å². The molecule has 1 saturated heterocycles. The molecule has 0 aromatic heterocycles. The standard InChI is InChI=1S/C19H28N2O3/c1-5-10-20(13-17-8-6-7-9-18(17)23-4)14-19(22)21-11-15(2)24-16(3)12-21/h5-9,15-16H,1,10-14H2,2-4H3/t15-,16+. The fourth-order valence-corrected chi connectivity index (χ4v) is 3.11. The van der Waals surface area contributed by atoms with Crippen LogP contribution in [0.3, 0.4) is 0 Å². The summed E-state index contributed by atoms with van der Waals surface area (Å²) in [4.78, 5) is 16.7. The molecule has 132 valence electrons. The lowest BCUT2D eigenvalue weighted by Gasteiger charge is -2.36. The first-order valence-electron chi connectivity index (χ1n) is 8.41. The molecule has 5 nitrogen and oxygen atoms in total. The van der Waals surface area contributed by atoms with E-state index in [1.54, 1.807) is 7.11 Å². The molecule has 0 aliphatic carbocycles. The van der Waals surface area contributed by atoms with E-state index >= 15 is 0 Å². The largest absolute Gasteiger partial charge is 0.496 e. The number of para-hydroxylation sites is 1. The van der Waals surface area contributed by atoms with Crippen molar-refractivity contribution < 1.29 is 14.3 Å². The van der Waals surface area contributed by atoms with Crippen LogP contribution in [0.15, 0.2) is 36.9 Å². The van der Waals surface area contributed by atoms with Crippen LogP contribution in [-0.2, 0) is 16.1 Å². The first kappa shape index (κ1) is 18.5. The summed E-state index contributed by atoms with van der Waals surface area (Å²) in [6.07, 6.45) is 1.99. The van der Waals surface area contributed by atoms with Gasteiger partial charge in [-0.2, -0.15) is 0 Å². The van der Waals surface area contributed by atoms with Crippen LogP contribution in [0.2, 0.25) is 0 Å². The van der Waals surface area contributed by atoms with Gasteiger partial charge in [0.25, 0.3) is 0 Å². The van der Waals surface area contributed by atoms with Crippen LogP contribution in [0, 0.1) is 0 Å². The molecule has 2 atom stereocenters. The van der Waals surface area contributed by atoms with Gasteiger partial charge in [-0.3, -0.25) is 9.69 Å². The lowest BCUT2D eigenvalue weighted by Crippen LogP contribution is -2.51. The number of carbonyl (C=O) groups excluding carboxylic acids is 1. The van der Waals surface area contributed by atoms with Crippen molar-refractivity contribution in [3.63, 3.8) is 0 Å². The van der Waals surface area contributed by atoms with Gasteiger partial charge in [-0.15, -0.1) is 6.58 Å². The minimum absolute atomic E-state index is 0.0831. The maximum atomic E-state index is 12.7. The lowest BCUT2D eigenvalue weighted by atomic mass is 10.1. The predicted molar refractivity (Wildman–Crippen MR) is 95.1 cm³/mol. The van der Waals surface area contributed by atoms with Gasteiger partial charge >= 0.3 is 0 Å². The second-order valence-electron chi connectivity index (χ2n) is 6.33. The van der Waals surface area contributed by atoms with Gasteiger partial charge in [-0.25, -0.2) is 0 Å². The number of morpholine rings is 1. The zero-order valence-corrected chi connectivity index (χ0v) is 14.9. The van der Waals surface area contributed by atoms with Gasteiger partial charge in [0, 0.05) is 31.7 Å². The van der Waals surface area contributed by atoms with Crippen molar-refractivity contribution in [2.24, 2.45) is 0 Å². The molecule has 0 N–H and O–H groups in total. The van der Waals surface area contributed by atoms with Gasteiger partial charge in [0.05, 0.1) is 25.9 Å². The van der Waals surface area contributed by atoms with Crippen LogP contribution < -0.4 is 4.74 Å². The fourth-order valence-electron chi connectivity index (χ4n) is 3.11. The predicted octanol–water partition coefficient (Wildman–Crippen LogP) is 2.32. The number of rotatable bonds is 7. The molecule has 1 aliphatic rings. The molecular weight excluding hydrogens is 304 g/mol. The molecule has 1 heterocycles. The van der Waals surface area contributed by atoms with Crippen LogP contribution in [-0.4, -0.2) is 61.2 Å². The SMILES string of the molecule is C=CCN(CC(=O)N1C[C@@H](C)O[C@@H](C)C1)Cc1ccccc1OC. The first-order chi connectivity index (χ1) is 11.5. The number of amides is 1. The lowest BCUT2D eigenvalue weighted by molar-refractivity contribution is -0.144. The topological polar surface area (TPSA) is 42.0 Å². The van der Waals surface area contributed by atoms with Crippen molar-refractivity contribution in [2.45, 2.75) is 32.6 Å². The third-order valence-electron chi connectivity index (χ3n) is 4.10. The Balaban J connectivity index is 2.02. The number of ether oxygens (including phenoxy) is 2. The third-order valence-corrected chi connectivity index (χ3v) is 4.10. The number of carbonyl (C=O) groups is 1. The van der Waals surface area contributed by atoms with E-state index in [1.165, 1.54) is 0 Å². The first-order valence-corrected chi connectivity index (χ1v) is 8.41. The van der Waals surface area contributed by atoms with Gasteiger partial charge in [-0.05, 0) is 19.9 Å².